The summed E-state index contributed by atoms with van der Waals surface area (Å²) in [5.74, 6) is 0.135. The molecule has 1 amide bonds. The fourth-order valence-corrected chi connectivity index (χ4v) is 2.05. The molecule has 4 heteroatoms. The smallest absolute Gasteiger partial charge is 0.226 e. The largest absolute Gasteiger partial charge is 0.374 e. The van der Waals surface area contributed by atoms with Crippen LogP contribution in [0.5, 0.6) is 0 Å². The van der Waals surface area contributed by atoms with Crippen LogP contribution in [-0.4, -0.2) is 50.2 Å². The van der Waals surface area contributed by atoms with E-state index in [1.165, 1.54) is 0 Å². The summed E-state index contributed by atoms with van der Waals surface area (Å²) in [4.78, 5) is 13.8. The number of nitrogens with one attached hydrogen (secondary N) is 1. The van der Waals surface area contributed by atoms with Crippen LogP contribution in [0, 0.1) is 0 Å². The predicted molar refractivity (Wildman–Crippen MR) is 70.4 cm³/mol. The van der Waals surface area contributed by atoms with Crippen molar-refractivity contribution in [2.45, 2.75) is 12.5 Å². The van der Waals surface area contributed by atoms with Gasteiger partial charge in [-0.25, -0.2) is 0 Å². The van der Waals surface area contributed by atoms with E-state index in [1.54, 1.807) is 4.90 Å². The maximum absolute atomic E-state index is 12.0. The van der Waals surface area contributed by atoms with Gasteiger partial charge in [0.25, 0.3) is 0 Å². The summed E-state index contributed by atoms with van der Waals surface area (Å²) in [6.45, 7) is 3.10. The van der Waals surface area contributed by atoms with E-state index in [-0.39, 0.29) is 12.0 Å². The first-order valence-electron chi connectivity index (χ1n) is 6.36. The summed E-state index contributed by atoms with van der Waals surface area (Å²) in [5.41, 5.74) is 1.05. The van der Waals surface area contributed by atoms with Crippen LogP contribution in [0.4, 0.5) is 0 Å². The summed E-state index contributed by atoms with van der Waals surface area (Å²) in [5, 5.41) is 3.27. The van der Waals surface area contributed by atoms with E-state index in [9.17, 15) is 4.79 Å². The summed E-state index contributed by atoms with van der Waals surface area (Å²) in [6, 6.07) is 9.82. The highest BCUT2D eigenvalue weighted by molar-refractivity contribution is 5.78. The van der Waals surface area contributed by atoms with Crippen molar-refractivity contribution in [3.05, 3.63) is 35.9 Å². The molecular weight excluding hydrogens is 228 g/mol. The molecule has 18 heavy (non-hydrogen) atoms. The number of carbonyl (C=O) groups excluding carboxylic acids is 1. The van der Waals surface area contributed by atoms with Crippen LogP contribution in [0.15, 0.2) is 30.3 Å². The molecule has 0 saturated carbocycles. The number of amides is 1. The Morgan fingerprint density at radius 1 is 1.44 bits per heavy atom. The lowest BCUT2D eigenvalue weighted by Gasteiger charge is -2.28. The summed E-state index contributed by atoms with van der Waals surface area (Å²) < 4.78 is 5.59. The third-order valence-electron chi connectivity index (χ3n) is 3.11. The van der Waals surface area contributed by atoms with Crippen molar-refractivity contribution in [2.24, 2.45) is 0 Å². The van der Waals surface area contributed by atoms with Gasteiger partial charge in [-0.05, 0) is 5.56 Å². The normalized spacial score (nSPS) is 19.5. The molecule has 1 atom stereocenters. The number of hydrogen-bond donors (Lipinski definition) is 1. The van der Waals surface area contributed by atoms with E-state index < -0.39 is 0 Å². The van der Waals surface area contributed by atoms with Crippen LogP contribution in [-0.2, 0) is 16.0 Å². The quantitative estimate of drug-likeness (QED) is 0.852. The molecule has 1 heterocycles. The number of morpholine rings is 1. The number of hydrogen-bond acceptors (Lipinski definition) is 3. The van der Waals surface area contributed by atoms with Gasteiger partial charge in [-0.2, -0.15) is 0 Å². The standard InChI is InChI=1S/C14H20N2O2/c1-16(11-13-10-15-7-8-18-13)14(17)9-12-5-3-2-4-6-12/h2-6,13,15H,7-11H2,1H3. The van der Waals surface area contributed by atoms with Crippen molar-refractivity contribution in [3.63, 3.8) is 0 Å². The predicted octanol–water partition coefficient (Wildman–Crippen LogP) is 0.676. The van der Waals surface area contributed by atoms with Crippen molar-refractivity contribution in [3.8, 4) is 0 Å². The molecule has 4 nitrogen and oxygen atoms in total. The molecule has 1 aliphatic heterocycles. The second-order valence-corrected chi connectivity index (χ2v) is 4.63. The van der Waals surface area contributed by atoms with Crippen molar-refractivity contribution >= 4 is 5.91 Å². The Hall–Kier alpha value is -1.39. The molecule has 1 aromatic rings. The fraction of sp³-hybridized carbons (Fsp3) is 0.500. The first-order chi connectivity index (χ1) is 8.75. The van der Waals surface area contributed by atoms with Gasteiger partial charge in [0.15, 0.2) is 0 Å². The molecule has 1 aliphatic rings. The van der Waals surface area contributed by atoms with E-state index in [0.717, 1.165) is 25.3 Å². The van der Waals surface area contributed by atoms with Gasteiger partial charge in [0, 0.05) is 26.7 Å². The van der Waals surface area contributed by atoms with Crippen LogP contribution >= 0.6 is 0 Å². The van der Waals surface area contributed by atoms with Gasteiger partial charge >= 0.3 is 0 Å². The molecule has 1 aromatic carbocycles. The Balaban J connectivity index is 1.81. The zero-order chi connectivity index (χ0) is 12.8. The Bertz CT molecular complexity index is 375. The molecule has 2 rings (SSSR count). The van der Waals surface area contributed by atoms with Crippen LogP contribution in [0.1, 0.15) is 5.56 Å². The molecule has 1 N–H and O–H groups in total. The molecule has 0 radical (unpaired) electrons. The van der Waals surface area contributed by atoms with Crippen molar-refractivity contribution in [1.29, 1.82) is 0 Å². The van der Waals surface area contributed by atoms with E-state index >= 15 is 0 Å². The SMILES string of the molecule is CN(CC1CNCCO1)C(=O)Cc1ccccc1. The van der Waals surface area contributed by atoms with Crippen molar-refractivity contribution in [1.82, 2.24) is 10.2 Å². The minimum Gasteiger partial charge on any atom is -0.374 e. The molecule has 0 spiro atoms. The Morgan fingerprint density at radius 3 is 2.89 bits per heavy atom. The first kappa shape index (κ1) is 13.1. The number of carbonyl (C=O) groups is 1. The summed E-state index contributed by atoms with van der Waals surface area (Å²) in [6.07, 6.45) is 0.570. The molecule has 0 aromatic heterocycles. The second-order valence-electron chi connectivity index (χ2n) is 4.63. The maximum atomic E-state index is 12.0. The summed E-state index contributed by atoms with van der Waals surface area (Å²) >= 11 is 0. The first-order valence-corrected chi connectivity index (χ1v) is 6.36. The Morgan fingerprint density at radius 2 is 2.22 bits per heavy atom. The highest BCUT2D eigenvalue weighted by Crippen LogP contribution is 2.04. The van der Waals surface area contributed by atoms with E-state index in [0.29, 0.717) is 13.0 Å². The average molecular weight is 248 g/mol. The molecule has 98 valence electrons. The maximum Gasteiger partial charge on any atom is 0.226 e. The minimum absolute atomic E-state index is 0.114. The lowest BCUT2D eigenvalue weighted by molar-refractivity contribution is -0.131. The van der Waals surface area contributed by atoms with Crippen LogP contribution in [0.3, 0.4) is 0 Å². The van der Waals surface area contributed by atoms with E-state index in [2.05, 4.69) is 5.32 Å². The third kappa shape index (κ3) is 3.82. The monoisotopic (exact) mass is 248 g/mol. The zero-order valence-corrected chi connectivity index (χ0v) is 10.8. The van der Waals surface area contributed by atoms with Gasteiger partial charge in [0.05, 0.1) is 19.1 Å². The topological polar surface area (TPSA) is 41.6 Å². The van der Waals surface area contributed by atoms with Gasteiger partial charge in [-0.3, -0.25) is 4.79 Å². The highest BCUT2D eigenvalue weighted by Gasteiger charge is 2.18. The number of nitrogens with zero attached hydrogens (tertiary/aromatic N) is 1. The Labute approximate surface area is 108 Å². The fourth-order valence-electron chi connectivity index (χ4n) is 2.05. The number of likely N-dealkylation sites (N-methyl/N-ethyl adjacent to an activating group) is 1. The van der Waals surface area contributed by atoms with E-state index in [4.69, 9.17) is 4.74 Å². The molecule has 1 saturated heterocycles. The van der Waals surface area contributed by atoms with Gasteiger partial charge in [0.2, 0.25) is 5.91 Å². The second kappa shape index (κ2) is 6.52. The zero-order valence-electron chi connectivity index (χ0n) is 10.8. The molecule has 0 bridgehead atoms. The molecule has 1 fully saturated rings. The van der Waals surface area contributed by atoms with Gasteiger partial charge in [0.1, 0.15) is 0 Å². The minimum atomic E-state index is 0.114. The average Bonchev–Trinajstić information content (AvgIpc) is 2.41. The Kier molecular flexibility index (Phi) is 4.73. The molecule has 0 aliphatic carbocycles. The van der Waals surface area contributed by atoms with Crippen molar-refractivity contribution < 1.29 is 9.53 Å². The third-order valence-corrected chi connectivity index (χ3v) is 3.11. The lowest BCUT2D eigenvalue weighted by Crippen LogP contribution is -2.46. The van der Waals surface area contributed by atoms with Gasteiger partial charge in [-0.15, -0.1) is 0 Å². The van der Waals surface area contributed by atoms with Crippen molar-refractivity contribution in [2.75, 3.05) is 33.3 Å². The van der Waals surface area contributed by atoms with Gasteiger partial charge < -0.3 is 15.0 Å². The lowest BCUT2D eigenvalue weighted by atomic mass is 10.1. The van der Waals surface area contributed by atoms with Gasteiger partial charge in [-0.1, -0.05) is 30.3 Å². The number of ether oxygens (including phenoxy) is 1. The van der Waals surface area contributed by atoms with Crippen LogP contribution in [0.2, 0.25) is 0 Å². The van der Waals surface area contributed by atoms with E-state index in [1.807, 2.05) is 37.4 Å². The molecular formula is C14H20N2O2. The number of rotatable bonds is 4. The van der Waals surface area contributed by atoms with Crippen LogP contribution < -0.4 is 5.32 Å². The highest BCUT2D eigenvalue weighted by atomic mass is 16.5. The summed E-state index contributed by atoms with van der Waals surface area (Å²) in [7, 11) is 1.84. The molecule has 1 unspecified atom stereocenters. The number of benzene rings is 1. The van der Waals surface area contributed by atoms with Crippen LogP contribution in [0.25, 0.3) is 0 Å².